The Morgan fingerprint density at radius 3 is 2.80 bits per heavy atom. The monoisotopic (exact) mass is 268 g/mol. The lowest BCUT2D eigenvalue weighted by molar-refractivity contribution is 0.290. The van der Waals surface area contributed by atoms with Gasteiger partial charge in [-0.05, 0) is 29.8 Å². The molecule has 3 aromatic rings. The molecule has 0 aliphatic carbocycles. The fourth-order valence-corrected chi connectivity index (χ4v) is 2.21. The molecule has 0 unspecified atom stereocenters. The highest BCUT2D eigenvalue weighted by Gasteiger charge is 2.07. The summed E-state index contributed by atoms with van der Waals surface area (Å²) >= 11 is 0. The number of para-hydroxylation sites is 2. The highest BCUT2D eigenvalue weighted by Crippen LogP contribution is 2.27. The predicted octanol–water partition coefficient (Wildman–Crippen LogP) is 2.91. The van der Waals surface area contributed by atoms with Gasteiger partial charge in [-0.15, -0.1) is 0 Å². The number of aromatic hydroxyl groups is 1. The van der Waals surface area contributed by atoms with Crippen LogP contribution in [0, 0.1) is 0 Å². The molecule has 1 aromatic heterocycles. The highest BCUT2D eigenvalue weighted by atomic mass is 16.5. The van der Waals surface area contributed by atoms with Crippen molar-refractivity contribution in [2.45, 2.75) is 13.2 Å². The lowest BCUT2D eigenvalue weighted by Gasteiger charge is -2.07. The van der Waals surface area contributed by atoms with Gasteiger partial charge in [0.1, 0.15) is 6.61 Å². The minimum absolute atomic E-state index is 0.148. The van der Waals surface area contributed by atoms with Crippen LogP contribution in [0.3, 0.4) is 0 Å². The average Bonchev–Trinajstić information content (AvgIpc) is 2.88. The molecule has 1 heterocycles. The molecule has 102 valence electrons. The fourth-order valence-electron chi connectivity index (χ4n) is 2.21. The van der Waals surface area contributed by atoms with Gasteiger partial charge in [-0.3, -0.25) is 0 Å². The maximum absolute atomic E-state index is 9.69. The number of phenols is 1. The van der Waals surface area contributed by atoms with E-state index in [1.807, 2.05) is 24.4 Å². The molecule has 0 atom stereocenters. The van der Waals surface area contributed by atoms with Gasteiger partial charge >= 0.3 is 0 Å². The largest absolute Gasteiger partial charge is 0.504 e. The third kappa shape index (κ3) is 2.33. The maximum atomic E-state index is 9.69. The number of benzene rings is 2. The summed E-state index contributed by atoms with van der Waals surface area (Å²) in [6.07, 6.45) is 1.92. The zero-order valence-electron chi connectivity index (χ0n) is 11.0. The van der Waals surface area contributed by atoms with Crippen molar-refractivity contribution < 1.29 is 9.84 Å². The molecule has 4 heteroatoms. The fraction of sp³-hybridized carbons (Fsp3) is 0.125. The van der Waals surface area contributed by atoms with Crippen LogP contribution < -0.4 is 10.5 Å². The van der Waals surface area contributed by atoms with Gasteiger partial charge < -0.3 is 20.6 Å². The average molecular weight is 268 g/mol. The van der Waals surface area contributed by atoms with Crippen LogP contribution in [-0.4, -0.2) is 10.1 Å². The molecule has 0 bridgehead atoms. The number of aromatic nitrogens is 1. The molecule has 4 N–H and O–H groups in total. The molecule has 0 aliphatic rings. The Hall–Kier alpha value is -2.46. The number of rotatable bonds is 4. The Labute approximate surface area is 116 Å². The second kappa shape index (κ2) is 5.27. The summed E-state index contributed by atoms with van der Waals surface area (Å²) in [5.41, 5.74) is 8.85. The van der Waals surface area contributed by atoms with E-state index in [1.165, 1.54) is 0 Å². The number of hydrogen-bond donors (Lipinski definition) is 3. The van der Waals surface area contributed by atoms with Crippen LogP contribution in [0.2, 0.25) is 0 Å². The summed E-state index contributed by atoms with van der Waals surface area (Å²) < 4.78 is 5.66. The summed E-state index contributed by atoms with van der Waals surface area (Å²) in [6, 6.07) is 13.0. The van der Waals surface area contributed by atoms with Crippen LogP contribution in [0.25, 0.3) is 10.9 Å². The van der Waals surface area contributed by atoms with Gasteiger partial charge in [-0.2, -0.15) is 0 Å². The molecule has 0 aliphatic heterocycles. The van der Waals surface area contributed by atoms with Crippen LogP contribution in [0.4, 0.5) is 0 Å². The predicted molar refractivity (Wildman–Crippen MR) is 78.6 cm³/mol. The molecule has 2 aromatic carbocycles. The van der Waals surface area contributed by atoms with Crippen molar-refractivity contribution in [2.75, 3.05) is 0 Å². The Balaban J connectivity index is 1.86. The van der Waals surface area contributed by atoms with E-state index >= 15 is 0 Å². The molecule has 0 amide bonds. The third-order valence-corrected chi connectivity index (χ3v) is 3.32. The number of aromatic amines is 1. The van der Waals surface area contributed by atoms with Gasteiger partial charge in [0.05, 0.1) is 0 Å². The molecule has 3 rings (SSSR count). The van der Waals surface area contributed by atoms with Crippen molar-refractivity contribution in [3.8, 4) is 11.5 Å². The topological polar surface area (TPSA) is 71.3 Å². The van der Waals surface area contributed by atoms with E-state index in [9.17, 15) is 5.11 Å². The smallest absolute Gasteiger partial charge is 0.161 e. The second-order valence-corrected chi connectivity index (χ2v) is 4.65. The first-order valence-electron chi connectivity index (χ1n) is 6.47. The van der Waals surface area contributed by atoms with E-state index in [1.54, 1.807) is 18.2 Å². The molecular formula is C16H16N2O2. The van der Waals surface area contributed by atoms with E-state index in [0.717, 1.165) is 22.0 Å². The van der Waals surface area contributed by atoms with Crippen molar-refractivity contribution in [1.29, 1.82) is 0 Å². The molecule has 0 spiro atoms. The first-order chi connectivity index (χ1) is 9.78. The first-order valence-corrected chi connectivity index (χ1v) is 6.47. The van der Waals surface area contributed by atoms with E-state index in [-0.39, 0.29) is 5.75 Å². The van der Waals surface area contributed by atoms with Crippen molar-refractivity contribution >= 4 is 10.9 Å². The Morgan fingerprint density at radius 1 is 1.15 bits per heavy atom. The lowest BCUT2D eigenvalue weighted by Crippen LogP contribution is -1.97. The number of nitrogens with two attached hydrogens (primary N) is 1. The van der Waals surface area contributed by atoms with Crippen LogP contribution in [0.5, 0.6) is 11.5 Å². The molecule has 0 saturated heterocycles. The molecular weight excluding hydrogens is 252 g/mol. The van der Waals surface area contributed by atoms with Crippen molar-refractivity contribution in [3.05, 3.63) is 59.8 Å². The quantitative estimate of drug-likeness (QED) is 0.681. The summed E-state index contributed by atoms with van der Waals surface area (Å²) in [5.74, 6) is 0.631. The van der Waals surface area contributed by atoms with Crippen molar-refractivity contribution in [1.82, 2.24) is 4.98 Å². The van der Waals surface area contributed by atoms with E-state index in [4.69, 9.17) is 10.5 Å². The van der Waals surface area contributed by atoms with Gasteiger partial charge in [0.25, 0.3) is 0 Å². The first kappa shape index (κ1) is 12.6. The molecule has 0 saturated carbocycles. The SMILES string of the molecule is NCc1ccc2[nH]cc(COc3ccccc3O)c2c1. The van der Waals surface area contributed by atoms with Gasteiger partial charge in [-0.1, -0.05) is 18.2 Å². The van der Waals surface area contributed by atoms with E-state index in [0.29, 0.717) is 18.9 Å². The Bertz CT molecular complexity index is 734. The lowest BCUT2D eigenvalue weighted by atomic mass is 10.1. The zero-order chi connectivity index (χ0) is 13.9. The normalized spacial score (nSPS) is 10.8. The highest BCUT2D eigenvalue weighted by molar-refractivity contribution is 5.83. The standard InChI is InChI=1S/C16H16N2O2/c17-8-11-5-6-14-13(7-11)12(9-18-14)10-20-16-4-2-1-3-15(16)19/h1-7,9,18-19H,8,10,17H2. The van der Waals surface area contributed by atoms with Crippen LogP contribution in [-0.2, 0) is 13.2 Å². The summed E-state index contributed by atoms with van der Waals surface area (Å²) in [5, 5.41) is 10.8. The zero-order valence-corrected chi connectivity index (χ0v) is 11.0. The maximum Gasteiger partial charge on any atom is 0.161 e. The van der Waals surface area contributed by atoms with Gasteiger partial charge in [0, 0.05) is 29.2 Å². The number of phenolic OH excluding ortho intramolecular Hbond substituents is 1. The van der Waals surface area contributed by atoms with Crippen LogP contribution >= 0.6 is 0 Å². The molecule has 20 heavy (non-hydrogen) atoms. The van der Waals surface area contributed by atoms with Gasteiger partial charge in [0.2, 0.25) is 0 Å². The third-order valence-electron chi connectivity index (χ3n) is 3.32. The van der Waals surface area contributed by atoms with Crippen LogP contribution in [0.1, 0.15) is 11.1 Å². The summed E-state index contributed by atoms with van der Waals surface area (Å²) in [4.78, 5) is 3.21. The Kier molecular flexibility index (Phi) is 3.31. The molecule has 0 fully saturated rings. The molecule has 4 nitrogen and oxygen atoms in total. The molecule has 0 radical (unpaired) electrons. The summed E-state index contributed by atoms with van der Waals surface area (Å²) in [6.45, 7) is 0.909. The van der Waals surface area contributed by atoms with Gasteiger partial charge in [0.15, 0.2) is 11.5 Å². The van der Waals surface area contributed by atoms with Crippen molar-refractivity contribution in [2.24, 2.45) is 5.73 Å². The minimum atomic E-state index is 0.148. The van der Waals surface area contributed by atoms with Crippen LogP contribution in [0.15, 0.2) is 48.7 Å². The number of nitrogens with one attached hydrogen (secondary N) is 1. The van der Waals surface area contributed by atoms with E-state index in [2.05, 4.69) is 11.1 Å². The number of fused-ring (bicyclic) bond motifs is 1. The van der Waals surface area contributed by atoms with E-state index < -0.39 is 0 Å². The Morgan fingerprint density at radius 2 is 2.00 bits per heavy atom. The van der Waals surface area contributed by atoms with Gasteiger partial charge in [-0.25, -0.2) is 0 Å². The minimum Gasteiger partial charge on any atom is -0.504 e. The second-order valence-electron chi connectivity index (χ2n) is 4.65. The summed E-state index contributed by atoms with van der Waals surface area (Å²) in [7, 11) is 0. The number of H-pyrrole nitrogens is 1. The van der Waals surface area contributed by atoms with Crippen molar-refractivity contribution in [3.63, 3.8) is 0 Å². The number of hydrogen-bond acceptors (Lipinski definition) is 3. The number of ether oxygens (including phenoxy) is 1.